The number of benzene rings is 2. The molecule has 0 saturated heterocycles. The first kappa shape index (κ1) is 13.9. The number of carbonyl (C=O) groups excluding carboxylic acids is 2. The van der Waals surface area contributed by atoms with E-state index in [1.807, 2.05) is 42.5 Å². The summed E-state index contributed by atoms with van der Waals surface area (Å²) in [6.45, 7) is 0. The summed E-state index contributed by atoms with van der Waals surface area (Å²) in [5, 5.41) is 0. The lowest BCUT2D eigenvalue weighted by Gasteiger charge is -2.31. The van der Waals surface area contributed by atoms with E-state index < -0.39 is 0 Å². The fourth-order valence-corrected chi connectivity index (χ4v) is 3.56. The van der Waals surface area contributed by atoms with Crippen molar-refractivity contribution in [1.29, 1.82) is 0 Å². The summed E-state index contributed by atoms with van der Waals surface area (Å²) in [4.78, 5) is 27.0. The first-order valence-electron chi connectivity index (χ1n) is 8.00. The number of amides is 2. The molecule has 0 bridgehead atoms. The average Bonchev–Trinajstić information content (AvgIpc) is 2.87. The van der Waals surface area contributed by atoms with Crippen molar-refractivity contribution in [2.45, 2.75) is 25.3 Å². The summed E-state index contributed by atoms with van der Waals surface area (Å²) in [6.07, 6.45) is 4.98. The molecule has 0 saturated carbocycles. The third kappa shape index (κ3) is 2.20. The molecule has 2 aromatic carbocycles. The molecule has 0 radical (unpaired) electrons. The molecule has 4 rings (SSSR count). The lowest BCUT2D eigenvalue weighted by atomic mass is 9.88. The molecular weight excluding hydrogens is 286 g/mol. The van der Waals surface area contributed by atoms with Crippen LogP contribution in [0.3, 0.4) is 0 Å². The van der Waals surface area contributed by atoms with E-state index in [1.165, 1.54) is 4.90 Å². The van der Waals surface area contributed by atoms with E-state index in [4.69, 9.17) is 0 Å². The highest BCUT2D eigenvalue weighted by atomic mass is 16.2. The van der Waals surface area contributed by atoms with Crippen LogP contribution < -0.4 is 0 Å². The summed E-state index contributed by atoms with van der Waals surface area (Å²) < 4.78 is 0. The highest BCUT2D eigenvalue weighted by molar-refractivity contribution is 6.22. The molecule has 23 heavy (non-hydrogen) atoms. The van der Waals surface area contributed by atoms with Crippen LogP contribution in [0.5, 0.6) is 0 Å². The van der Waals surface area contributed by atoms with E-state index in [-0.39, 0.29) is 17.9 Å². The van der Waals surface area contributed by atoms with Crippen LogP contribution in [-0.2, 0) is 0 Å². The monoisotopic (exact) mass is 303 g/mol. The number of carbonyl (C=O) groups is 2. The van der Waals surface area contributed by atoms with Crippen molar-refractivity contribution in [3.8, 4) is 0 Å². The van der Waals surface area contributed by atoms with Gasteiger partial charge in [0.25, 0.3) is 11.8 Å². The minimum absolute atomic E-state index is 0.167. The fraction of sp³-hybridized carbons (Fsp3) is 0.200. The molecule has 2 aromatic rings. The quantitative estimate of drug-likeness (QED) is 0.789. The number of imide groups is 1. The van der Waals surface area contributed by atoms with Crippen molar-refractivity contribution in [1.82, 2.24) is 4.90 Å². The molecule has 1 atom stereocenters. The van der Waals surface area contributed by atoms with E-state index in [2.05, 4.69) is 6.08 Å². The lowest BCUT2D eigenvalue weighted by Crippen LogP contribution is -2.41. The van der Waals surface area contributed by atoms with E-state index >= 15 is 0 Å². The molecule has 114 valence electrons. The van der Waals surface area contributed by atoms with Crippen LogP contribution in [0.2, 0.25) is 0 Å². The van der Waals surface area contributed by atoms with Gasteiger partial charge < -0.3 is 0 Å². The maximum Gasteiger partial charge on any atom is 0.262 e. The third-order valence-corrected chi connectivity index (χ3v) is 4.65. The van der Waals surface area contributed by atoms with Crippen LogP contribution >= 0.6 is 0 Å². The van der Waals surface area contributed by atoms with Crippen molar-refractivity contribution >= 4 is 17.4 Å². The summed E-state index contributed by atoms with van der Waals surface area (Å²) in [6, 6.07) is 17.0. The summed E-state index contributed by atoms with van der Waals surface area (Å²) in [5.41, 5.74) is 3.23. The van der Waals surface area contributed by atoms with Gasteiger partial charge in [0.05, 0.1) is 17.2 Å². The van der Waals surface area contributed by atoms with E-state index in [0.717, 1.165) is 30.4 Å². The topological polar surface area (TPSA) is 37.4 Å². The van der Waals surface area contributed by atoms with Crippen LogP contribution in [0.4, 0.5) is 0 Å². The molecule has 0 N–H and O–H groups in total. The second-order valence-electron chi connectivity index (χ2n) is 6.00. The van der Waals surface area contributed by atoms with Gasteiger partial charge in [-0.1, -0.05) is 48.5 Å². The van der Waals surface area contributed by atoms with Crippen LogP contribution in [0, 0.1) is 0 Å². The molecule has 1 unspecified atom stereocenters. The zero-order valence-electron chi connectivity index (χ0n) is 12.7. The minimum Gasteiger partial charge on any atom is -0.269 e. The molecule has 1 aliphatic heterocycles. The Labute approximate surface area is 135 Å². The van der Waals surface area contributed by atoms with E-state index in [1.54, 1.807) is 12.1 Å². The average molecular weight is 303 g/mol. The largest absolute Gasteiger partial charge is 0.269 e. The van der Waals surface area contributed by atoms with Gasteiger partial charge in [-0.25, -0.2) is 0 Å². The number of fused-ring (bicyclic) bond motifs is 1. The maximum absolute atomic E-state index is 12.8. The molecule has 0 spiro atoms. The minimum atomic E-state index is -0.168. The van der Waals surface area contributed by atoms with Crippen molar-refractivity contribution in [3.05, 3.63) is 77.4 Å². The van der Waals surface area contributed by atoms with Crippen LogP contribution in [-0.4, -0.2) is 22.8 Å². The predicted octanol–water partition coefficient (Wildman–Crippen LogP) is 3.92. The number of allylic oxidation sites excluding steroid dienone is 1. The molecule has 1 heterocycles. The molecule has 1 aliphatic carbocycles. The maximum atomic E-state index is 12.8. The van der Waals surface area contributed by atoms with Gasteiger partial charge in [0.2, 0.25) is 0 Å². The number of hydrogen-bond acceptors (Lipinski definition) is 2. The lowest BCUT2D eigenvalue weighted by molar-refractivity contribution is 0.0612. The van der Waals surface area contributed by atoms with Crippen molar-refractivity contribution in [2.24, 2.45) is 0 Å². The van der Waals surface area contributed by atoms with Crippen molar-refractivity contribution in [2.75, 3.05) is 0 Å². The van der Waals surface area contributed by atoms with Gasteiger partial charge in [0.15, 0.2) is 0 Å². The van der Waals surface area contributed by atoms with Gasteiger partial charge >= 0.3 is 0 Å². The number of rotatable bonds is 2. The number of hydrogen-bond donors (Lipinski definition) is 0. The zero-order chi connectivity index (χ0) is 15.8. The predicted molar refractivity (Wildman–Crippen MR) is 89.0 cm³/mol. The summed E-state index contributed by atoms with van der Waals surface area (Å²) in [5.74, 6) is -0.335. The smallest absolute Gasteiger partial charge is 0.262 e. The Bertz CT molecular complexity index is 772. The van der Waals surface area contributed by atoms with Crippen molar-refractivity contribution in [3.63, 3.8) is 0 Å². The second-order valence-corrected chi connectivity index (χ2v) is 6.00. The molecule has 2 amide bonds. The van der Waals surface area contributed by atoms with Crippen LogP contribution in [0.15, 0.2) is 60.7 Å². The second kappa shape index (κ2) is 5.51. The molecule has 3 nitrogen and oxygen atoms in total. The Balaban J connectivity index is 1.76. The summed E-state index contributed by atoms with van der Waals surface area (Å²) >= 11 is 0. The fourth-order valence-electron chi connectivity index (χ4n) is 3.56. The Morgan fingerprint density at radius 1 is 0.826 bits per heavy atom. The van der Waals surface area contributed by atoms with E-state index in [9.17, 15) is 9.59 Å². The zero-order valence-corrected chi connectivity index (χ0v) is 12.7. The van der Waals surface area contributed by atoms with Gasteiger partial charge in [0, 0.05) is 0 Å². The van der Waals surface area contributed by atoms with Crippen LogP contribution in [0.1, 0.15) is 45.5 Å². The van der Waals surface area contributed by atoms with Gasteiger partial charge in [-0.05, 0) is 42.5 Å². The first-order chi connectivity index (χ1) is 11.3. The standard InChI is InChI=1S/C20H17NO2/c22-19-16-11-4-5-12-17(16)20(23)21(19)18-13-7-6-10-15(18)14-8-2-1-3-9-14/h1-5,8-12,18H,6-7,13H2. The van der Waals surface area contributed by atoms with E-state index in [0.29, 0.717) is 11.1 Å². The third-order valence-electron chi connectivity index (χ3n) is 4.65. The molecule has 0 fully saturated rings. The normalized spacial score (nSPS) is 20.4. The first-order valence-corrected chi connectivity index (χ1v) is 8.00. The van der Waals surface area contributed by atoms with Crippen molar-refractivity contribution < 1.29 is 9.59 Å². The Kier molecular flexibility index (Phi) is 3.34. The van der Waals surface area contributed by atoms with Gasteiger partial charge in [-0.3, -0.25) is 14.5 Å². The molecular formula is C20H17NO2. The molecule has 3 heteroatoms. The SMILES string of the molecule is O=C1c2ccccc2C(=O)N1C1CCCC=C1c1ccccc1. The highest BCUT2D eigenvalue weighted by Crippen LogP contribution is 2.35. The van der Waals surface area contributed by atoms with Gasteiger partial charge in [-0.2, -0.15) is 0 Å². The Morgan fingerprint density at radius 3 is 2.09 bits per heavy atom. The summed E-state index contributed by atoms with van der Waals surface area (Å²) in [7, 11) is 0. The Morgan fingerprint density at radius 2 is 1.43 bits per heavy atom. The highest BCUT2D eigenvalue weighted by Gasteiger charge is 2.41. The number of nitrogens with zero attached hydrogens (tertiary/aromatic N) is 1. The van der Waals surface area contributed by atoms with Gasteiger partial charge in [-0.15, -0.1) is 0 Å². The molecule has 2 aliphatic rings. The Hall–Kier alpha value is -2.68. The molecule has 0 aromatic heterocycles. The van der Waals surface area contributed by atoms with Gasteiger partial charge in [0.1, 0.15) is 0 Å². The van der Waals surface area contributed by atoms with Crippen LogP contribution in [0.25, 0.3) is 5.57 Å².